The van der Waals surface area contributed by atoms with E-state index in [-0.39, 0.29) is 0 Å². The summed E-state index contributed by atoms with van der Waals surface area (Å²) < 4.78 is 0. The van der Waals surface area contributed by atoms with Gasteiger partial charge >= 0.3 is 0 Å². The Morgan fingerprint density at radius 3 is 2.69 bits per heavy atom. The fourth-order valence-electron chi connectivity index (χ4n) is 2.03. The molecule has 0 aromatic rings. The molecular formula is C11H20O2. The highest BCUT2D eigenvalue weighted by Crippen LogP contribution is 2.30. The van der Waals surface area contributed by atoms with E-state index in [4.69, 9.17) is 0 Å². The minimum atomic E-state index is -0.797. The number of aliphatic hydroxyl groups excluding tert-OH is 1. The van der Waals surface area contributed by atoms with Gasteiger partial charge in [0.05, 0.1) is 11.7 Å². The maximum atomic E-state index is 10.1. The van der Waals surface area contributed by atoms with E-state index >= 15 is 0 Å². The van der Waals surface area contributed by atoms with Crippen molar-refractivity contribution in [3.63, 3.8) is 0 Å². The van der Waals surface area contributed by atoms with Gasteiger partial charge in [0, 0.05) is 6.42 Å². The molecule has 2 heteroatoms. The summed E-state index contributed by atoms with van der Waals surface area (Å²) in [5.74, 6) is 0. The third-order valence-corrected chi connectivity index (χ3v) is 2.68. The van der Waals surface area contributed by atoms with Crippen LogP contribution >= 0.6 is 0 Å². The lowest BCUT2D eigenvalue weighted by atomic mass is 9.83. The van der Waals surface area contributed by atoms with Crippen molar-refractivity contribution in [3.8, 4) is 0 Å². The van der Waals surface area contributed by atoms with Crippen LogP contribution in [-0.4, -0.2) is 21.9 Å². The van der Waals surface area contributed by atoms with Crippen molar-refractivity contribution in [2.24, 2.45) is 0 Å². The highest BCUT2D eigenvalue weighted by Gasteiger charge is 2.27. The minimum absolute atomic E-state index is 0.433. The summed E-state index contributed by atoms with van der Waals surface area (Å²) in [5, 5.41) is 19.3. The molecule has 0 saturated carbocycles. The van der Waals surface area contributed by atoms with Crippen LogP contribution in [0.2, 0.25) is 0 Å². The molecule has 13 heavy (non-hydrogen) atoms. The smallest absolute Gasteiger partial charge is 0.0853 e. The van der Waals surface area contributed by atoms with E-state index in [1.165, 1.54) is 12.8 Å². The molecule has 0 heterocycles. The second-order valence-corrected chi connectivity index (χ2v) is 4.30. The van der Waals surface area contributed by atoms with E-state index in [1.807, 2.05) is 0 Å². The molecule has 0 aromatic heterocycles. The molecule has 0 bridgehead atoms. The molecule has 2 atom stereocenters. The summed E-state index contributed by atoms with van der Waals surface area (Å²) in [5.41, 5.74) is 0.314. The first-order valence-electron chi connectivity index (χ1n) is 5.12. The van der Waals surface area contributed by atoms with Gasteiger partial charge in [-0.25, -0.2) is 0 Å². The SMILES string of the molecule is CC(O)CC(C)(O)C1=CCCCC1. The van der Waals surface area contributed by atoms with Crippen LogP contribution in [0.25, 0.3) is 0 Å². The molecule has 1 aliphatic carbocycles. The van der Waals surface area contributed by atoms with Crippen LogP contribution in [0.4, 0.5) is 0 Å². The summed E-state index contributed by atoms with van der Waals surface area (Å²) in [6, 6.07) is 0. The molecule has 76 valence electrons. The molecule has 1 rings (SSSR count). The molecule has 0 amide bonds. The first-order valence-corrected chi connectivity index (χ1v) is 5.12. The predicted molar refractivity (Wildman–Crippen MR) is 53.5 cm³/mol. The Labute approximate surface area is 80.3 Å². The van der Waals surface area contributed by atoms with E-state index in [2.05, 4.69) is 6.08 Å². The Morgan fingerprint density at radius 1 is 1.54 bits per heavy atom. The van der Waals surface area contributed by atoms with Gasteiger partial charge in [-0.1, -0.05) is 6.08 Å². The molecule has 0 spiro atoms. The topological polar surface area (TPSA) is 40.5 Å². The summed E-state index contributed by atoms with van der Waals surface area (Å²) >= 11 is 0. The Morgan fingerprint density at radius 2 is 2.23 bits per heavy atom. The van der Waals surface area contributed by atoms with Gasteiger partial charge in [0.1, 0.15) is 0 Å². The van der Waals surface area contributed by atoms with Gasteiger partial charge in [-0.2, -0.15) is 0 Å². The predicted octanol–water partition coefficient (Wildman–Crippen LogP) is 2.01. The summed E-state index contributed by atoms with van der Waals surface area (Å²) in [6.07, 6.45) is 6.60. The lowest BCUT2D eigenvalue weighted by molar-refractivity contribution is 0.0348. The maximum absolute atomic E-state index is 10.1. The van der Waals surface area contributed by atoms with Crippen molar-refractivity contribution < 1.29 is 10.2 Å². The molecule has 2 nitrogen and oxygen atoms in total. The Kier molecular flexibility index (Phi) is 3.51. The number of aliphatic hydroxyl groups is 2. The normalized spacial score (nSPS) is 24.8. The monoisotopic (exact) mass is 184 g/mol. The second-order valence-electron chi connectivity index (χ2n) is 4.30. The lowest BCUT2D eigenvalue weighted by Crippen LogP contribution is -2.32. The van der Waals surface area contributed by atoms with Gasteiger partial charge in [-0.15, -0.1) is 0 Å². The third-order valence-electron chi connectivity index (χ3n) is 2.68. The van der Waals surface area contributed by atoms with E-state index in [0.29, 0.717) is 6.42 Å². The number of hydrogen-bond acceptors (Lipinski definition) is 2. The van der Waals surface area contributed by atoms with Crippen LogP contribution in [0.1, 0.15) is 46.0 Å². The molecule has 1 aliphatic rings. The van der Waals surface area contributed by atoms with Crippen LogP contribution in [0.5, 0.6) is 0 Å². The minimum Gasteiger partial charge on any atom is -0.393 e. The molecule has 0 aliphatic heterocycles. The molecule has 0 fully saturated rings. The average Bonchev–Trinajstić information content (AvgIpc) is 2.04. The molecule has 0 aromatic carbocycles. The largest absolute Gasteiger partial charge is 0.393 e. The van der Waals surface area contributed by atoms with Crippen LogP contribution in [0.3, 0.4) is 0 Å². The zero-order valence-corrected chi connectivity index (χ0v) is 8.58. The maximum Gasteiger partial charge on any atom is 0.0853 e. The van der Waals surface area contributed by atoms with Crippen molar-refractivity contribution in [3.05, 3.63) is 11.6 Å². The van der Waals surface area contributed by atoms with Gasteiger partial charge in [0.2, 0.25) is 0 Å². The number of hydrogen-bond donors (Lipinski definition) is 2. The highest BCUT2D eigenvalue weighted by molar-refractivity contribution is 5.17. The molecule has 0 saturated heterocycles. The average molecular weight is 184 g/mol. The molecule has 2 N–H and O–H groups in total. The standard InChI is InChI=1S/C11H20O2/c1-9(12)8-11(2,13)10-6-4-3-5-7-10/h6,9,12-13H,3-5,7-8H2,1-2H3. The van der Waals surface area contributed by atoms with Gasteiger partial charge in [-0.05, 0) is 45.1 Å². The molecular weight excluding hydrogens is 164 g/mol. The first kappa shape index (κ1) is 10.7. The van der Waals surface area contributed by atoms with Gasteiger partial charge in [0.25, 0.3) is 0 Å². The first-order chi connectivity index (χ1) is 6.02. The fraction of sp³-hybridized carbons (Fsp3) is 0.818. The second kappa shape index (κ2) is 4.25. The van der Waals surface area contributed by atoms with Crippen LogP contribution in [0.15, 0.2) is 11.6 Å². The lowest BCUT2D eigenvalue weighted by Gasteiger charge is -2.30. The molecule has 2 unspecified atom stereocenters. The van der Waals surface area contributed by atoms with Crippen molar-refractivity contribution in [2.75, 3.05) is 0 Å². The van der Waals surface area contributed by atoms with Gasteiger partial charge < -0.3 is 10.2 Å². The van der Waals surface area contributed by atoms with Gasteiger partial charge in [0.15, 0.2) is 0 Å². The summed E-state index contributed by atoms with van der Waals surface area (Å²) in [4.78, 5) is 0. The number of allylic oxidation sites excluding steroid dienone is 1. The van der Waals surface area contributed by atoms with E-state index in [0.717, 1.165) is 18.4 Å². The fourth-order valence-corrected chi connectivity index (χ4v) is 2.03. The Bertz CT molecular complexity index is 192. The molecule has 0 radical (unpaired) electrons. The van der Waals surface area contributed by atoms with E-state index in [9.17, 15) is 10.2 Å². The quantitative estimate of drug-likeness (QED) is 0.659. The van der Waals surface area contributed by atoms with Gasteiger partial charge in [-0.3, -0.25) is 0 Å². The summed E-state index contributed by atoms with van der Waals surface area (Å²) in [7, 11) is 0. The summed E-state index contributed by atoms with van der Waals surface area (Å²) in [6.45, 7) is 3.52. The van der Waals surface area contributed by atoms with Crippen LogP contribution < -0.4 is 0 Å². The third kappa shape index (κ3) is 3.12. The van der Waals surface area contributed by atoms with Crippen molar-refractivity contribution in [2.45, 2.75) is 57.7 Å². The van der Waals surface area contributed by atoms with E-state index in [1.54, 1.807) is 13.8 Å². The van der Waals surface area contributed by atoms with Crippen molar-refractivity contribution >= 4 is 0 Å². The zero-order chi connectivity index (χ0) is 9.90. The zero-order valence-electron chi connectivity index (χ0n) is 8.58. The van der Waals surface area contributed by atoms with Crippen LogP contribution in [-0.2, 0) is 0 Å². The van der Waals surface area contributed by atoms with Crippen molar-refractivity contribution in [1.82, 2.24) is 0 Å². The van der Waals surface area contributed by atoms with E-state index < -0.39 is 11.7 Å². The Balaban J connectivity index is 2.61. The Hall–Kier alpha value is -0.340. The number of rotatable bonds is 3. The van der Waals surface area contributed by atoms with Crippen molar-refractivity contribution in [1.29, 1.82) is 0 Å². The van der Waals surface area contributed by atoms with Crippen LogP contribution in [0, 0.1) is 0 Å². The highest BCUT2D eigenvalue weighted by atomic mass is 16.3.